The van der Waals surface area contributed by atoms with E-state index in [2.05, 4.69) is 55.6 Å². The van der Waals surface area contributed by atoms with Gasteiger partial charge in [0.2, 0.25) is 0 Å². The first kappa shape index (κ1) is 15.2. The largest absolute Gasteiger partial charge is 0.507 e. The number of hydrogen-bond acceptors (Lipinski definition) is 2. The summed E-state index contributed by atoms with van der Waals surface area (Å²) in [5, 5.41) is 12.5. The summed E-state index contributed by atoms with van der Waals surface area (Å²) >= 11 is 1.91. The van der Waals surface area contributed by atoms with E-state index in [1.165, 1.54) is 10.1 Å². The second-order valence-corrected chi connectivity index (χ2v) is 12.2. The Morgan fingerprint density at radius 1 is 1.00 bits per heavy atom. The van der Waals surface area contributed by atoms with Gasteiger partial charge in [-0.25, -0.2) is 0 Å². The van der Waals surface area contributed by atoms with Crippen molar-refractivity contribution in [2.45, 2.75) is 31.8 Å². The maximum atomic E-state index is 9.84. The lowest BCUT2D eigenvalue weighted by Gasteiger charge is -2.22. The minimum atomic E-state index is -1.41. The SMILES string of the molecule is Cc1cc(SC[Si](C)(C)c2ccccc2)cc(C)c1O. The highest BCUT2D eigenvalue weighted by Crippen LogP contribution is 2.29. The van der Waals surface area contributed by atoms with E-state index in [0.29, 0.717) is 5.75 Å². The van der Waals surface area contributed by atoms with E-state index in [1.807, 2.05) is 25.6 Å². The van der Waals surface area contributed by atoms with Gasteiger partial charge >= 0.3 is 0 Å². The van der Waals surface area contributed by atoms with Crippen LogP contribution in [0.5, 0.6) is 5.75 Å². The molecule has 0 saturated carbocycles. The average molecular weight is 303 g/mol. The smallest absolute Gasteiger partial charge is 0.121 e. The first-order chi connectivity index (χ1) is 9.40. The zero-order chi connectivity index (χ0) is 14.8. The highest BCUT2D eigenvalue weighted by atomic mass is 32.2. The third kappa shape index (κ3) is 3.47. The number of hydrogen-bond donors (Lipinski definition) is 1. The van der Waals surface area contributed by atoms with Crippen LogP contribution in [-0.4, -0.2) is 18.6 Å². The van der Waals surface area contributed by atoms with Gasteiger partial charge in [-0.2, -0.15) is 0 Å². The summed E-state index contributed by atoms with van der Waals surface area (Å²) in [4.78, 5) is 1.26. The number of thioether (sulfide) groups is 1. The molecule has 0 bridgehead atoms. The van der Waals surface area contributed by atoms with Crippen LogP contribution < -0.4 is 5.19 Å². The minimum Gasteiger partial charge on any atom is -0.507 e. The van der Waals surface area contributed by atoms with Gasteiger partial charge in [-0.15, -0.1) is 11.8 Å². The van der Waals surface area contributed by atoms with Crippen molar-refractivity contribution in [1.29, 1.82) is 0 Å². The van der Waals surface area contributed by atoms with Crippen LogP contribution in [0.15, 0.2) is 47.4 Å². The van der Waals surface area contributed by atoms with Gasteiger partial charge in [0.05, 0.1) is 8.07 Å². The Kier molecular flexibility index (Phi) is 4.61. The molecule has 0 aliphatic heterocycles. The molecule has 0 atom stereocenters. The molecule has 0 spiro atoms. The average Bonchev–Trinajstić information content (AvgIpc) is 2.43. The predicted octanol–water partition coefficient (Wildman–Crippen LogP) is 4.26. The van der Waals surface area contributed by atoms with Crippen molar-refractivity contribution >= 4 is 25.0 Å². The van der Waals surface area contributed by atoms with E-state index in [0.717, 1.165) is 16.5 Å². The fourth-order valence-corrected chi connectivity index (χ4v) is 6.63. The van der Waals surface area contributed by atoms with Crippen LogP contribution in [0, 0.1) is 13.8 Å². The molecule has 0 heterocycles. The molecule has 0 aliphatic rings. The van der Waals surface area contributed by atoms with E-state index in [4.69, 9.17) is 0 Å². The summed E-state index contributed by atoms with van der Waals surface area (Å²) in [6.07, 6.45) is 0. The van der Waals surface area contributed by atoms with Crippen LogP contribution >= 0.6 is 11.8 Å². The first-order valence-electron chi connectivity index (χ1n) is 6.89. The molecule has 2 aromatic rings. The first-order valence-corrected chi connectivity index (χ1v) is 11.1. The summed E-state index contributed by atoms with van der Waals surface area (Å²) in [5.41, 5.74) is 1.93. The normalized spacial score (nSPS) is 11.6. The molecule has 0 aliphatic carbocycles. The van der Waals surface area contributed by atoms with Crippen molar-refractivity contribution in [3.63, 3.8) is 0 Å². The molecule has 3 heteroatoms. The van der Waals surface area contributed by atoms with Gasteiger partial charge in [-0.05, 0) is 42.5 Å². The molecule has 106 valence electrons. The zero-order valence-corrected chi connectivity index (χ0v) is 14.4. The van der Waals surface area contributed by atoms with E-state index >= 15 is 0 Å². The van der Waals surface area contributed by atoms with E-state index in [-0.39, 0.29) is 0 Å². The predicted molar refractivity (Wildman–Crippen MR) is 91.9 cm³/mol. The second kappa shape index (κ2) is 6.06. The van der Waals surface area contributed by atoms with Gasteiger partial charge in [0.25, 0.3) is 0 Å². The Morgan fingerprint density at radius 2 is 1.55 bits per heavy atom. The minimum absolute atomic E-state index is 0.425. The van der Waals surface area contributed by atoms with Crippen molar-refractivity contribution in [1.82, 2.24) is 0 Å². The van der Waals surface area contributed by atoms with E-state index in [9.17, 15) is 5.11 Å². The van der Waals surface area contributed by atoms with Crippen LogP contribution in [-0.2, 0) is 0 Å². The standard InChI is InChI=1S/C17H22OSSi/c1-13-10-15(11-14(2)17(13)18)19-12-20(3,4)16-8-6-5-7-9-16/h5-11,18H,12H2,1-4H3. The van der Waals surface area contributed by atoms with Gasteiger partial charge in [0.15, 0.2) is 0 Å². The number of benzene rings is 2. The Bertz CT molecular complexity index is 570. The summed E-state index contributed by atoms with van der Waals surface area (Å²) in [5.74, 6) is 0.425. The van der Waals surface area contributed by atoms with Gasteiger partial charge in [-0.3, -0.25) is 0 Å². The molecule has 0 saturated heterocycles. The lowest BCUT2D eigenvalue weighted by molar-refractivity contribution is 0.466. The van der Waals surface area contributed by atoms with E-state index < -0.39 is 8.07 Å². The maximum Gasteiger partial charge on any atom is 0.121 e. The Morgan fingerprint density at radius 3 is 2.10 bits per heavy atom. The summed E-state index contributed by atoms with van der Waals surface area (Å²) < 4.78 is 0. The number of aromatic hydroxyl groups is 1. The van der Waals surface area contributed by atoms with E-state index in [1.54, 1.807) is 0 Å². The zero-order valence-electron chi connectivity index (χ0n) is 12.6. The van der Waals surface area contributed by atoms with Gasteiger partial charge < -0.3 is 5.11 Å². The molecule has 0 unspecified atom stereocenters. The van der Waals surface area contributed by atoms with Crippen LogP contribution in [0.3, 0.4) is 0 Å². The fraction of sp³-hybridized carbons (Fsp3) is 0.294. The second-order valence-electron chi connectivity index (χ2n) is 5.94. The number of aryl methyl sites for hydroxylation is 2. The highest BCUT2D eigenvalue weighted by Gasteiger charge is 2.23. The molecular weight excluding hydrogens is 280 g/mol. The highest BCUT2D eigenvalue weighted by molar-refractivity contribution is 8.01. The van der Waals surface area contributed by atoms with Crippen molar-refractivity contribution in [3.05, 3.63) is 53.6 Å². The third-order valence-corrected chi connectivity index (χ3v) is 9.55. The molecule has 2 aromatic carbocycles. The van der Waals surface area contributed by atoms with Gasteiger partial charge in [0, 0.05) is 4.90 Å². The quantitative estimate of drug-likeness (QED) is 0.673. The van der Waals surface area contributed by atoms with Crippen LogP contribution in [0.1, 0.15) is 11.1 Å². The Labute approximate surface area is 127 Å². The molecule has 2 rings (SSSR count). The summed E-state index contributed by atoms with van der Waals surface area (Å²) in [6, 6.07) is 15.0. The topological polar surface area (TPSA) is 20.2 Å². The molecule has 1 N–H and O–H groups in total. The van der Waals surface area contributed by atoms with Crippen molar-refractivity contribution in [3.8, 4) is 5.75 Å². The Hall–Kier alpha value is -1.19. The summed E-state index contributed by atoms with van der Waals surface area (Å²) in [7, 11) is -1.41. The van der Waals surface area contributed by atoms with Crippen LogP contribution in [0.2, 0.25) is 13.1 Å². The van der Waals surface area contributed by atoms with Crippen LogP contribution in [0.25, 0.3) is 0 Å². The lowest BCUT2D eigenvalue weighted by Crippen LogP contribution is -2.44. The molecule has 0 aromatic heterocycles. The third-order valence-electron chi connectivity index (χ3n) is 3.62. The number of phenols is 1. The molecular formula is C17H22OSSi. The van der Waals surface area contributed by atoms with Crippen molar-refractivity contribution < 1.29 is 5.11 Å². The van der Waals surface area contributed by atoms with Crippen molar-refractivity contribution in [2.75, 3.05) is 5.38 Å². The molecule has 0 fully saturated rings. The van der Waals surface area contributed by atoms with Gasteiger partial charge in [0.1, 0.15) is 5.75 Å². The number of rotatable bonds is 4. The molecule has 0 radical (unpaired) electrons. The van der Waals surface area contributed by atoms with Crippen molar-refractivity contribution in [2.24, 2.45) is 0 Å². The lowest BCUT2D eigenvalue weighted by atomic mass is 10.1. The van der Waals surface area contributed by atoms with Gasteiger partial charge in [-0.1, -0.05) is 48.6 Å². The fourth-order valence-electron chi connectivity index (χ4n) is 2.24. The number of phenolic OH excluding ortho intramolecular Hbond substituents is 1. The molecule has 1 nitrogen and oxygen atoms in total. The Balaban J connectivity index is 2.12. The molecule has 20 heavy (non-hydrogen) atoms. The molecule has 0 amide bonds. The monoisotopic (exact) mass is 302 g/mol. The maximum absolute atomic E-state index is 9.84. The van der Waals surface area contributed by atoms with Crippen LogP contribution in [0.4, 0.5) is 0 Å². The summed E-state index contributed by atoms with van der Waals surface area (Å²) in [6.45, 7) is 8.75.